The predicted octanol–water partition coefficient (Wildman–Crippen LogP) is 0.916. The topological polar surface area (TPSA) is 126 Å². The van der Waals surface area contributed by atoms with Crippen molar-refractivity contribution < 1.29 is 39.1 Å². The summed E-state index contributed by atoms with van der Waals surface area (Å²) >= 11 is 0. The van der Waals surface area contributed by atoms with Gasteiger partial charge in [-0.1, -0.05) is 13.0 Å². The molecule has 5 rings (SSSR count). The van der Waals surface area contributed by atoms with Gasteiger partial charge in [-0.2, -0.15) is 0 Å². The van der Waals surface area contributed by atoms with Crippen LogP contribution < -0.4 is 4.74 Å². The lowest BCUT2D eigenvalue weighted by molar-refractivity contribution is -0.177. The summed E-state index contributed by atoms with van der Waals surface area (Å²) in [6.45, 7) is 3.71. The molecule has 4 aliphatic rings. The van der Waals surface area contributed by atoms with E-state index in [1.54, 1.807) is 19.1 Å². The van der Waals surface area contributed by atoms with E-state index >= 15 is 0 Å². The summed E-state index contributed by atoms with van der Waals surface area (Å²) in [6.07, 6.45) is -0.0724. The Kier molecular flexibility index (Phi) is 5.00. The van der Waals surface area contributed by atoms with Gasteiger partial charge < -0.3 is 34.4 Å². The van der Waals surface area contributed by atoms with Crippen LogP contribution in [0.25, 0.3) is 0 Å². The van der Waals surface area contributed by atoms with Crippen LogP contribution in [0, 0.1) is 0 Å². The Balaban J connectivity index is 1.49. The molecule has 0 aromatic heterocycles. The SMILES string of the molecule is CC[C@H](O)C(=O)O[C@@H](C)C(=O)OC1=CC[C@@]2(O)[C@H]3Cc4ccc(O)c5c4C2(CCN3C)C1O5. The summed E-state index contributed by atoms with van der Waals surface area (Å²) in [7, 11) is 1.99. The summed E-state index contributed by atoms with van der Waals surface area (Å²) in [6, 6.07) is 3.32. The number of rotatable bonds is 5. The van der Waals surface area contributed by atoms with Gasteiger partial charge in [0.1, 0.15) is 5.76 Å². The standard InChI is InChI=1S/C24H29NO8/c1-4-14(26)22(29)31-12(2)21(28)32-16-7-8-24(30)17-11-13-5-6-15(27)19-18(13)23(24,20(16)33-19)9-10-25(17)3/h5-7,12,14,17,20,26-27,30H,4,8-11H2,1-3H3/t12-,14-,17+,20?,23?,24+/m0/s1. The minimum Gasteiger partial charge on any atom is -0.504 e. The van der Waals surface area contributed by atoms with Crippen LogP contribution in [0.3, 0.4) is 0 Å². The van der Waals surface area contributed by atoms with E-state index in [1.807, 2.05) is 13.1 Å². The van der Waals surface area contributed by atoms with Gasteiger partial charge in [-0.05, 0) is 57.5 Å². The van der Waals surface area contributed by atoms with Crippen LogP contribution in [0.2, 0.25) is 0 Å². The fourth-order valence-electron chi connectivity index (χ4n) is 6.10. The summed E-state index contributed by atoms with van der Waals surface area (Å²) in [5.41, 5.74) is -0.216. The third kappa shape index (κ3) is 2.88. The molecule has 33 heavy (non-hydrogen) atoms. The maximum absolute atomic E-state index is 12.8. The molecule has 1 fully saturated rings. The highest BCUT2D eigenvalue weighted by atomic mass is 16.6. The van der Waals surface area contributed by atoms with Gasteiger partial charge in [0, 0.05) is 18.0 Å². The second kappa shape index (κ2) is 7.44. The van der Waals surface area contributed by atoms with E-state index in [-0.39, 0.29) is 30.4 Å². The van der Waals surface area contributed by atoms with Crippen molar-refractivity contribution in [2.24, 2.45) is 0 Å². The monoisotopic (exact) mass is 459 g/mol. The number of nitrogens with zero attached hydrogens (tertiary/aromatic N) is 1. The number of piperidine rings is 1. The Morgan fingerprint density at radius 1 is 1.33 bits per heavy atom. The van der Waals surface area contributed by atoms with Crippen molar-refractivity contribution in [2.75, 3.05) is 13.6 Å². The van der Waals surface area contributed by atoms with Crippen molar-refractivity contribution in [3.63, 3.8) is 0 Å². The Labute approximate surface area is 191 Å². The molecular formula is C24H29NO8. The summed E-state index contributed by atoms with van der Waals surface area (Å²) in [4.78, 5) is 26.8. The van der Waals surface area contributed by atoms with Crippen LogP contribution in [0.15, 0.2) is 24.0 Å². The smallest absolute Gasteiger partial charge is 0.352 e. The molecule has 0 saturated carbocycles. The van der Waals surface area contributed by atoms with Gasteiger partial charge in [0.05, 0.1) is 11.0 Å². The molecule has 1 aromatic carbocycles. The number of esters is 2. The molecule has 0 amide bonds. The first-order valence-corrected chi connectivity index (χ1v) is 11.4. The zero-order valence-electron chi connectivity index (χ0n) is 18.9. The molecule has 9 heteroatoms. The molecule has 3 N–H and O–H groups in total. The fourth-order valence-corrected chi connectivity index (χ4v) is 6.10. The van der Waals surface area contributed by atoms with Crippen LogP contribution in [0.4, 0.5) is 0 Å². The molecule has 2 aliphatic heterocycles. The quantitative estimate of drug-likeness (QED) is 0.551. The lowest BCUT2D eigenvalue weighted by Gasteiger charge is -2.61. The lowest BCUT2D eigenvalue weighted by Crippen LogP contribution is -2.74. The van der Waals surface area contributed by atoms with Crippen LogP contribution >= 0.6 is 0 Å². The number of phenols is 1. The van der Waals surface area contributed by atoms with Crippen LogP contribution in [0.1, 0.15) is 44.2 Å². The molecule has 0 radical (unpaired) electrons. The maximum atomic E-state index is 12.8. The molecular weight excluding hydrogens is 430 g/mol. The number of benzene rings is 1. The fraction of sp³-hybridized carbons (Fsp3) is 0.583. The first-order chi connectivity index (χ1) is 15.6. The highest BCUT2D eigenvalue weighted by molar-refractivity contribution is 5.81. The number of aliphatic hydroxyl groups excluding tert-OH is 1. The van der Waals surface area contributed by atoms with Gasteiger partial charge in [0.25, 0.3) is 0 Å². The zero-order chi connectivity index (χ0) is 23.7. The molecule has 1 spiro atoms. The normalized spacial score (nSPS) is 33.3. The molecule has 2 aliphatic carbocycles. The van der Waals surface area contributed by atoms with E-state index in [4.69, 9.17) is 14.2 Å². The summed E-state index contributed by atoms with van der Waals surface area (Å²) in [5, 5.41) is 32.2. The number of carbonyl (C=O) groups excluding carboxylic acids is 2. The van der Waals surface area contributed by atoms with Gasteiger partial charge in [0.15, 0.2) is 29.8 Å². The third-order valence-electron chi connectivity index (χ3n) is 7.86. The molecule has 2 bridgehead atoms. The van der Waals surface area contributed by atoms with Crippen molar-refractivity contribution in [3.05, 3.63) is 35.1 Å². The molecule has 1 saturated heterocycles. The maximum Gasteiger partial charge on any atom is 0.352 e. The second-order valence-electron chi connectivity index (χ2n) is 9.53. The van der Waals surface area contributed by atoms with Crippen molar-refractivity contribution in [2.45, 2.75) is 74.9 Å². The number of likely N-dealkylation sites (N-methyl/N-ethyl adjacent to an activating group) is 1. The van der Waals surface area contributed by atoms with E-state index in [0.29, 0.717) is 25.1 Å². The number of hydrogen-bond acceptors (Lipinski definition) is 9. The average molecular weight is 459 g/mol. The minimum absolute atomic E-state index is 0.0150. The van der Waals surface area contributed by atoms with Gasteiger partial charge in [-0.15, -0.1) is 0 Å². The molecule has 2 heterocycles. The van der Waals surface area contributed by atoms with E-state index in [0.717, 1.165) is 11.1 Å². The average Bonchev–Trinajstić information content (AvgIpc) is 3.15. The number of carbonyl (C=O) groups is 2. The molecule has 2 unspecified atom stereocenters. The highest BCUT2D eigenvalue weighted by Crippen LogP contribution is 2.65. The summed E-state index contributed by atoms with van der Waals surface area (Å²) < 4.78 is 16.9. The van der Waals surface area contributed by atoms with E-state index in [9.17, 15) is 24.9 Å². The number of hydrogen-bond donors (Lipinski definition) is 3. The third-order valence-corrected chi connectivity index (χ3v) is 7.86. The van der Waals surface area contributed by atoms with Gasteiger partial charge in [0.2, 0.25) is 0 Å². The Bertz CT molecular complexity index is 1050. The van der Waals surface area contributed by atoms with Gasteiger partial charge in [-0.25, -0.2) is 9.59 Å². The van der Waals surface area contributed by atoms with Crippen LogP contribution in [0.5, 0.6) is 11.5 Å². The molecule has 178 valence electrons. The van der Waals surface area contributed by atoms with Gasteiger partial charge in [-0.3, -0.25) is 0 Å². The largest absolute Gasteiger partial charge is 0.504 e. The first kappa shape index (κ1) is 22.2. The van der Waals surface area contributed by atoms with E-state index in [2.05, 4.69) is 4.90 Å². The molecule has 6 atom stereocenters. The minimum atomic E-state index is -1.31. The Morgan fingerprint density at radius 3 is 2.82 bits per heavy atom. The number of ether oxygens (including phenoxy) is 3. The zero-order valence-corrected chi connectivity index (χ0v) is 18.9. The number of likely N-dealkylation sites (tertiary alicyclic amines) is 1. The van der Waals surface area contributed by atoms with Crippen LogP contribution in [-0.2, 0) is 30.9 Å². The molecule has 1 aromatic rings. The van der Waals surface area contributed by atoms with Crippen molar-refractivity contribution in [1.29, 1.82) is 0 Å². The van der Waals surface area contributed by atoms with Crippen molar-refractivity contribution >= 4 is 11.9 Å². The first-order valence-electron chi connectivity index (χ1n) is 11.4. The van der Waals surface area contributed by atoms with E-state index < -0.39 is 41.3 Å². The Morgan fingerprint density at radius 2 is 2.09 bits per heavy atom. The number of aromatic hydroxyl groups is 1. The van der Waals surface area contributed by atoms with Crippen LogP contribution in [-0.4, -0.2) is 75.7 Å². The number of aliphatic hydroxyl groups is 2. The van der Waals surface area contributed by atoms with E-state index in [1.165, 1.54) is 6.92 Å². The second-order valence-corrected chi connectivity index (χ2v) is 9.53. The predicted molar refractivity (Wildman–Crippen MR) is 115 cm³/mol. The molecule has 9 nitrogen and oxygen atoms in total. The Hall–Kier alpha value is -2.62. The number of phenolic OH excluding ortho intramolecular Hbond substituents is 1. The summed E-state index contributed by atoms with van der Waals surface area (Å²) in [5.74, 6) is -1.15. The lowest BCUT2D eigenvalue weighted by atomic mass is 9.50. The van der Waals surface area contributed by atoms with Crippen molar-refractivity contribution in [3.8, 4) is 11.5 Å². The van der Waals surface area contributed by atoms with Gasteiger partial charge >= 0.3 is 11.9 Å². The highest BCUT2D eigenvalue weighted by Gasteiger charge is 2.72. The van der Waals surface area contributed by atoms with Crippen molar-refractivity contribution in [1.82, 2.24) is 4.90 Å².